The van der Waals surface area contributed by atoms with Crippen LogP contribution in [0.3, 0.4) is 0 Å². The SMILES string of the molecule is CC(C)COCCC1CCCC1(C#N)NC1CC1. The van der Waals surface area contributed by atoms with E-state index in [-0.39, 0.29) is 5.54 Å². The quantitative estimate of drug-likeness (QED) is 0.707. The van der Waals surface area contributed by atoms with Gasteiger partial charge in [-0.15, -0.1) is 0 Å². The summed E-state index contributed by atoms with van der Waals surface area (Å²) >= 11 is 0. The van der Waals surface area contributed by atoms with E-state index in [1.54, 1.807) is 0 Å². The van der Waals surface area contributed by atoms with Crippen LogP contribution in [0.25, 0.3) is 0 Å². The van der Waals surface area contributed by atoms with Crippen molar-refractivity contribution in [3.63, 3.8) is 0 Å². The second-order valence-corrected chi connectivity index (χ2v) is 6.35. The van der Waals surface area contributed by atoms with Crippen LogP contribution in [0.15, 0.2) is 0 Å². The van der Waals surface area contributed by atoms with Gasteiger partial charge in [0.1, 0.15) is 5.54 Å². The van der Waals surface area contributed by atoms with Crippen molar-refractivity contribution in [2.75, 3.05) is 13.2 Å². The van der Waals surface area contributed by atoms with E-state index in [4.69, 9.17) is 4.74 Å². The number of rotatable bonds is 7. The molecule has 2 saturated carbocycles. The Labute approximate surface area is 111 Å². The first-order valence-corrected chi connectivity index (χ1v) is 7.43. The second kappa shape index (κ2) is 6.04. The average molecular weight is 250 g/mol. The van der Waals surface area contributed by atoms with Gasteiger partial charge in [-0.05, 0) is 43.9 Å². The van der Waals surface area contributed by atoms with E-state index in [0.29, 0.717) is 17.9 Å². The predicted molar refractivity (Wildman–Crippen MR) is 72.1 cm³/mol. The summed E-state index contributed by atoms with van der Waals surface area (Å²) in [5.41, 5.74) is -0.248. The van der Waals surface area contributed by atoms with Crippen LogP contribution in [-0.2, 0) is 4.74 Å². The molecule has 2 aliphatic carbocycles. The first kappa shape index (κ1) is 13.8. The minimum absolute atomic E-state index is 0.248. The fraction of sp³-hybridized carbons (Fsp3) is 0.933. The standard InChI is InChI=1S/C15H26N2O/c1-12(2)10-18-9-7-13-4-3-8-15(13,11-16)17-14-5-6-14/h12-14,17H,3-10H2,1-2H3. The number of nitrogens with zero attached hydrogens (tertiary/aromatic N) is 1. The number of ether oxygens (including phenoxy) is 1. The Bertz CT molecular complexity index is 306. The lowest BCUT2D eigenvalue weighted by Gasteiger charge is -2.30. The van der Waals surface area contributed by atoms with Crippen LogP contribution in [0.4, 0.5) is 0 Å². The number of hydrogen-bond acceptors (Lipinski definition) is 3. The Morgan fingerprint density at radius 3 is 2.78 bits per heavy atom. The van der Waals surface area contributed by atoms with E-state index < -0.39 is 0 Å². The Morgan fingerprint density at radius 2 is 2.17 bits per heavy atom. The first-order chi connectivity index (χ1) is 8.66. The molecule has 3 heteroatoms. The largest absolute Gasteiger partial charge is 0.381 e. The molecule has 2 fully saturated rings. The predicted octanol–water partition coefficient (Wildman–Crippen LogP) is 2.86. The molecular formula is C15H26N2O. The minimum atomic E-state index is -0.248. The highest BCUT2D eigenvalue weighted by Gasteiger charge is 2.45. The zero-order valence-electron chi connectivity index (χ0n) is 11.7. The third-order valence-corrected chi connectivity index (χ3v) is 4.12. The van der Waals surface area contributed by atoms with Gasteiger partial charge in [-0.2, -0.15) is 5.26 Å². The number of nitriles is 1. The van der Waals surface area contributed by atoms with E-state index in [0.717, 1.165) is 26.1 Å². The third kappa shape index (κ3) is 3.46. The molecule has 2 unspecified atom stereocenters. The summed E-state index contributed by atoms with van der Waals surface area (Å²) in [5, 5.41) is 13.2. The maximum atomic E-state index is 9.56. The molecule has 102 valence electrons. The zero-order valence-corrected chi connectivity index (χ0v) is 11.7. The van der Waals surface area contributed by atoms with Crippen LogP contribution in [-0.4, -0.2) is 24.8 Å². The molecule has 0 bridgehead atoms. The van der Waals surface area contributed by atoms with Crippen molar-refractivity contribution in [3.05, 3.63) is 0 Å². The van der Waals surface area contributed by atoms with E-state index in [2.05, 4.69) is 25.2 Å². The molecule has 2 aliphatic rings. The van der Waals surface area contributed by atoms with Crippen LogP contribution in [0, 0.1) is 23.2 Å². The molecule has 0 amide bonds. The Kier molecular flexibility index (Phi) is 4.64. The summed E-state index contributed by atoms with van der Waals surface area (Å²) < 4.78 is 5.68. The molecule has 3 nitrogen and oxygen atoms in total. The van der Waals surface area contributed by atoms with Crippen molar-refractivity contribution < 1.29 is 4.74 Å². The van der Waals surface area contributed by atoms with E-state index in [9.17, 15) is 5.26 Å². The number of nitrogens with one attached hydrogen (secondary N) is 1. The van der Waals surface area contributed by atoms with Crippen LogP contribution < -0.4 is 5.32 Å². The first-order valence-electron chi connectivity index (χ1n) is 7.43. The maximum Gasteiger partial charge on any atom is 0.109 e. The molecule has 0 aromatic carbocycles. The van der Waals surface area contributed by atoms with Crippen molar-refractivity contribution in [2.45, 2.75) is 64.0 Å². The zero-order chi connectivity index (χ0) is 13.0. The molecule has 0 spiro atoms. The minimum Gasteiger partial charge on any atom is -0.381 e. The second-order valence-electron chi connectivity index (χ2n) is 6.35. The third-order valence-electron chi connectivity index (χ3n) is 4.12. The van der Waals surface area contributed by atoms with Crippen molar-refractivity contribution in [2.24, 2.45) is 11.8 Å². The monoisotopic (exact) mass is 250 g/mol. The van der Waals surface area contributed by atoms with Gasteiger partial charge in [0.2, 0.25) is 0 Å². The van der Waals surface area contributed by atoms with Crippen molar-refractivity contribution >= 4 is 0 Å². The van der Waals surface area contributed by atoms with Gasteiger partial charge in [0, 0.05) is 19.3 Å². The van der Waals surface area contributed by atoms with Gasteiger partial charge in [0.15, 0.2) is 0 Å². The van der Waals surface area contributed by atoms with Crippen molar-refractivity contribution in [3.8, 4) is 6.07 Å². The lowest BCUT2D eigenvalue weighted by Crippen LogP contribution is -2.48. The fourth-order valence-electron chi connectivity index (χ4n) is 2.97. The lowest BCUT2D eigenvalue weighted by atomic mass is 9.86. The number of hydrogen-bond donors (Lipinski definition) is 1. The smallest absolute Gasteiger partial charge is 0.109 e. The van der Waals surface area contributed by atoms with Crippen molar-refractivity contribution in [1.29, 1.82) is 5.26 Å². The highest BCUT2D eigenvalue weighted by atomic mass is 16.5. The average Bonchev–Trinajstić information content (AvgIpc) is 3.05. The van der Waals surface area contributed by atoms with Gasteiger partial charge < -0.3 is 4.74 Å². The van der Waals surface area contributed by atoms with E-state index in [1.807, 2.05) is 0 Å². The van der Waals surface area contributed by atoms with Gasteiger partial charge in [-0.1, -0.05) is 20.3 Å². The summed E-state index contributed by atoms with van der Waals surface area (Å²) in [6, 6.07) is 3.19. The summed E-state index contributed by atoms with van der Waals surface area (Å²) in [4.78, 5) is 0. The lowest BCUT2D eigenvalue weighted by molar-refractivity contribution is 0.0910. The van der Waals surface area contributed by atoms with Gasteiger partial charge in [-0.3, -0.25) is 5.32 Å². The Balaban J connectivity index is 1.80. The molecular weight excluding hydrogens is 224 g/mol. The van der Waals surface area contributed by atoms with Gasteiger partial charge in [0.05, 0.1) is 6.07 Å². The molecule has 0 saturated heterocycles. The van der Waals surface area contributed by atoms with Gasteiger partial charge in [0.25, 0.3) is 0 Å². The fourth-order valence-corrected chi connectivity index (χ4v) is 2.97. The van der Waals surface area contributed by atoms with Gasteiger partial charge in [-0.25, -0.2) is 0 Å². The van der Waals surface area contributed by atoms with Crippen LogP contribution in [0.2, 0.25) is 0 Å². The molecule has 1 N–H and O–H groups in total. The van der Waals surface area contributed by atoms with Crippen LogP contribution in [0.1, 0.15) is 52.4 Å². The Hall–Kier alpha value is -0.590. The molecule has 0 heterocycles. The topological polar surface area (TPSA) is 45.0 Å². The molecule has 0 radical (unpaired) electrons. The molecule has 18 heavy (non-hydrogen) atoms. The van der Waals surface area contributed by atoms with E-state index >= 15 is 0 Å². The molecule has 2 atom stereocenters. The molecule has 0 aliphatic heterocycles. The van der Waals surface area contributed by atoms with Crippen LogP contribution >= 0.6 is 0 Å². The maximum absolute atomic E-state index is 9.56. The Morgan fingerprint density at radius 1 is 1.39 bits per heavy atom. The van der Waals surface area contributed by atoms with Crippen LogP contribution in [0.5, 0.6) is 0 Å². The van der Waals surface area contributed by atoms with E-state index in [1.165, 1.54) is 25.7 Å². The molecule has 0 aromatic heterocycles. The highest BCUT2D eigenvalue weighted by molar-refractivity contribution is 5.16. The summed E-state index contributed by atoms with van der Waals surface area (Å²) in [7, 11) is 0. The molecule has 0 aromatic rings. The summed E-state index contributed by atoms with van der Waals surface area (Å²) in [6.07, 6.45) is 6.91. The highest BCUT2D eigenvalue weighted by Crippen LogP contribution is 2.40. The van der Waals surface area contributed by atoms with Crippen molar-refractivity contribution in [1.82, 2.24) is 5.32 Å². The normalized spacial score (nSPS) is 31.8. The van der Waals surface area contributed by atoms with Gasteiger partial charge >= 0.3 is 0 Å². The molecule has 2 rings (SSSR count). The summed E-state index contributed by atoms with van der Waals surface area (Å²) in [6.45, 7) is 5.98. The summed E-state index contributed by atoms with van der Waals surface area (Å²) in [5.74, 6) is 1.08.